The highest BCUT2D eigenvalue weighted by atomic mass is 16.3. The highest BCUT2D eigenvalue weighted by Crippen LogP contribution is 2.40. The first-order valence-electron chi connectivity index (χ1n) is 15.4. The van der Waals surface area contributed by atoms with E-state index in [4.69, 9.17) is 16.5 Å². The smallest absolute Gasteiger partial charge is 0.144 e. The molecule has 6 rings (SSSR count). The van der Waals surface area contributed by atoms with Gasteiger partial charge in [-0.25, -0.2) is 0 Å². The lowest BCUT2D eigenvalue weighted by Crippen LogP contribution is -2.10. The average molecular weight is 512 g/mol. The van der Waals surface area contributed by atoms with E-state index in [1.54, 1.807) is 26.8 Å². The second-order valence-corrected chi connectivity index (χ2v) is 10.7. The predicted molar refractivity (Wildman–Crippen MR) is 160 cm³/mol. The summed E-state index contributed by atoms with van der Waals surface area (Å²) in [6.45, 7) is 2.76. The molecule has 0 amide bonds. The van der Waals surface area contributed by atoms with E-state index >= 15 is 0 Å². The Labute approximate surface area is 236 Å². The molecule has 0 fully saturated rings. The van der Waals surface area contributed by atoms with Gasteiger partial charge in [-0.2, -0.15) is 5.26 Å². The van der Waals surface area contributed by atoms with Gasteiger partial charge < -0.3 is 4.42 Å². The lowest BCUT2D eigenvalue weighted by Gasteiger charge is -2.20. The third kappa shape index (κ3) is 4.71. The number of hydrogen-bond donors (Lipinski definition) is 0. The lowest BCUT2D eigenvalue weighted by molar-refractivity contribution is 0.410. The maximum absolute atomic E-state index is 9.10. The minimum atomic E-state index is -2.52. The molecule has 0 aliphatic carbocycles. The average Bonchev–Trinajstić information content (AvgIpc) is 3.39. The van der Waals surface area contributed by atoms with Crippen LogP contribution >= 0.6 is 0 Å². The highest BCUT2D eigenvalue weighted by Gasteiger charge is 2.18. The van der Waals surface area contributed by atoms with Crippen molar-refractivity contribution in [1.29, 1.82) is 5.26 Å². The molecule has 0 aliphatic heterocycles. The molecule has 0 saturated carbocycles. The summed E-state index contributed by atoms with van der Waals surface area (Å²) in [5.41, 5.74) is 6.14. The van der Waals surface area contributed by atoms with Crippen LogP contribution in [0.2, 0.25) is 0 Å². The number of aryl methyl sites for hydroxylation is 1. The largest absolute Gasteiger partial charge is 0.455 e. The van der Waals surface area contributed by atoms with Crippen LogP contribution in [0.3, 0.4) is 0 Å². The van der Waals surface area contributed by atoms with E-state index in [-0.39, 0.29) is 11.1 Å². The molecule has 2 aromatic heterocycles. The third-order valence-corrected chi connectivity index (χ3v) is 6.76. The number of hydrogen-bond acceptors (Lipinski definition) is 3. The fourth-order valence-electron chi connectivity index (χ4n) is 4.94. The van der Waals surface area contributed by atoms with Crippen molar-refractivity contribution in [2.45, 2.75) is 34.0 Å². The predicted octanol–water partition coefficient (Wildman–Crippen LogP) is 9.75. The maximum Gasteiger partial charge on any atom is 0.144 e. The number of rotatable bonds is 4. The Kier molecular flexibility index (Phi) is 4.76. The number of nitriles is 1. The number of furan rings is 1. The first-order chi connectivity index (χ1) is 20.8. The second kappa shape index (κ2) is 9.57. The van der Waals surface area contributed by atoms with Gasteiger partial charge in [-0.1, -0.05) is 87.5 Å². The topological polar surface area (TPSA) is 49.8 Å². The zero-order valence-electron chi connectivity index (χ0n) is 27.0. The fourth-order valence-corrected chi connectivity index (χ4v) is 4.94. The molecule has 190 valence electrons. The van der Waals surface area contributed by atoms with Gasteiger partial charge in [-0.15, -0.1) is 0 Å². The summed E-state index contributed by atoms with van der Waals surface area (Å²) < 4.78 is 48.6. The SMILES string of the molecule is [2H]C([2H])([2H])c1cnc(-c2cccc3c2oc2c(-c4ccc(-c5ccc(C#N)cc5)cc4)cccc23)cc1C([2H])([2H])C(C)(C)C. The van der Waals surface area contributed by atoms with Crippen molar-refractivity contribution in [3.8, 4) is 39.6 Å². The molecular weight excluding hydrogens is 476 g/mol. The molecular formula is C36H30N2O. The first-order valence-corrected chi connectivity index (χ1v) is 12.9. The van der Waals surface area contributed by atoms with Crippen molar-refractivity contribution in [3.05, 3.63) is 114 Å². The molecule has 0 saturated heterocycles. The van der Waals surface area contributed by atoms with E-state index in [0.717, 1.165) is 33.0 Å². The van der Waals surface area contributed by atoms with Gasteiger partial charge >= 0.3 is 0 Å². The molecule has 3 nitrogen and oxygen atoms in total. The van der Waals surface area contributed by atoms with E-state index in [2.05, 4.69) is 11.1 Å². The van der Waals surface area contributed by atoms with Gasteiger partial charge in [-0.3, -0.25) is 4.98 Å². The number of benzene rings is 4. The van der Waals surface area contributed by atoms with Crippen LogP contribution in [0.1, 0.15) is 44.3 Å². The minimum absolute atomic E-state index is 0.0929. The quantitative estimate of drug-likeness (QED) is 0.237. The van der Waals surface area contributed by atoms with Crippen molar-refractivity contribution in [2.24, 2.45) is 5.41 Å². The van der Waals surface area contributed by atoms with Crippen LogP contribution in [0, 0.1) is 23.6 Å². The Bertz CT molecular complexity index is 2060. The van der Waals surface area contributed by atoms with Gasteiger partial charge in [0.15, 0.2) is 0 Å². The van der Waals surface area contributed by atoms with Crippen LogP contribution in [0.15, 0.2) is 102 Å². The maximum atomic E-state index is 9.10. The van der Waals surface area contributed by atoms with Crippen molar-refractivity contribution in [2.75, 3.05) is 0 Å². The minimum Gasteiger partial charge on any atom is -0.455 e. The Morgan fingerprint density at radius 3 is 2.03 bits per heavy atom. The highest BCUT2D eigenvalue weighted by molar-refractivity contribution is 6.12. The molecule has 4 aromatic carbocycles. The summed E-state index contributed by atoms with van der Waals surface area (Å²) in [5.74, 6) is 0. The zero-order valence-corrected chi connectivity index (χ0v) is 22.0. The number of aromatic nitrogens is 1. The van der Waals surface area contributed by atoms with Gasteiger partial charge in [0, 0.05) is 34.9 Å². The molecule has 39 heavy (non-hydrogen) atoms. The monoisotopic (exact) mass is 511 g/mol. The molecule has 0 bridgehead atoms. The van der Waals surface area contributed by atoms with Crippen LogP contribution < -0.4 is 0 Å². The number of nitrogens with zero attached hydrogens (tertiary/aromatic N) is 2. The van der Waals surface area contributed by atoms with Crippen molar-refractivity contribution >= 4 is 21.9 Å². The Morgan fingerprint density at radius 1 is 0.821 bits per heavy atom. The van der Waals surface area contributed by atoms with Gasteiger partial charge in [0.05, 0.1) is 17.3 Å². The van der Waals surface area contributed by atoms with E-state index in [0.29, 0.717) is 28.0 Å². The van der Waals surface area contributed by atoms with E-state index in [1.807, 2.05) is 84.9 Å². The van der Waals surface area contributed by atoms with Gasteiger partial charge in [0.1, 0.15) is 11.2 Å². The molecule has 2 heterocycles. The van der Waals surface area contributed by atoms with E-state index in [9.17, 15) is 0 Å². The Hall–Kier alpha value is -4.68. The molecule has 0 N–H and O–H groups in total. The van der Waals surface area contributed by atoms with Crippen LogP contribution in [-0.4, -0.2) is 4.98 Å². The zero-order chi connectivity index (χ0) is 31.4. The summed E-state index contributed by atoms with van der Waals surface area (Å²) in [4.78, 5) is 4.52. The lowest BCUT2D eigenvalue weighted by atomic mass is 9.86. The van der Waals surface area contributed by atoms with Crippen LogP contribution in [0.5, 0.6) is 0 Å². The summed E-state index contributed by atoms with van der Waals surface area (Å²) in [6.07, 6.45) is -0.656. The fraction of sp³-hybridized carbons (Fsp3) is 0.167. The normalized spacial score (nSPS) is 14.3. The third-order valence-electron chi connectivity index (χ3n) is 6.76. The molecule has 0 unspecified atom stereocenters. The van der Waals surface area contributed by atoms with Crippen molar-refractivity contribution in [1.82, 2.24) is 4.98 Å². The number of para-hydroxylation sites is 2. The first kappa shape index (κ1) is 19.4. The summed E-state index contributed by atoms with van der Waals surface area (Å²) in [6, 6.07) is 31.2. The Morgan fingerprint density at radius 2 is 1.41 bits per heavy atom. The van der Waals surface area contributed by atoms with Crippen LogP contribution in [0.25, 0.3) is 55.4 Å². The molecule has 0 aliphatic rings. The summed E-state index contributed by atoms with van der Waals surface area (Å²) in [5, 5.41) is 10.9. The number of pyridine rings is 1. The standard InChI is InChI=1S/C36H30N2O/c1-23-22-38-33(19-28(23)20-36(2,3)4)32-10-6-9-31-30-8-5-7-29(34(30)39-35(31)32)27-17-15-26(16-18-27)25-13-11-24(21-37)12-14-25/h5-19,22H,20H2,1-4H3/i1D3,20D2. The van der Waals surface area contributed by atoms with Gasteiger partial charge in [-0.05, 0) is 70.7 Å². The molecule has 6 aromatic rings. The molecule has 0 spiro atoms. The number of fused-ring (bicyclic) bond motifs is 3. The summed E-state index contributed by atoms with van der Waals surface area (Å²) >= 11 is 0. The molecule has 0 radical (unpaired) electrons. The van der Waals surface area contributed by atoms with E-state index in [1.165, 1.54) is 6.20 Å². The Balaban J connectivity index is 1.48. The van der Waals surface area contributed by atoms with E-state index < -0.39 is 18.6 Å². The van der Waals surface area contributed by atoms with Gasteiger partial charge in [0.25, 0.3) is 0 Å². The van der Waals surface area contributed by atoms with Crippen molar-refractivity contribution < 1.29 is 11.3 Å². The summed E-state index contributed by atoms with van der Waals surface area (Å²) in [7, 11) is 0. The van der Waals surface area contributed by atoms with Gasteiger partial charge in [0.2, 0.25) is 0 Å². The van der Waals surface area contributed by atoms with Crippen LogP contribution in [0.4, 0.5) is 0 Å². The molecule has 3 heteroatoms. The molecule has 0 atom stereocenters. The van der Waals surface area contributed by atoms with Crippen LogP contribution in [-0.2, 0) is 6.37 Å². The van der Waals surface area contributed by atoms with Crippen molar-refractivity contribution in [3.63, 3.8) is 0 Å². The second-order valence-electron chi connectivity index (χ2n) is 10.7.